The summed E-state index contributed by atoms with van der Waals surface area (Å²) in [6.07, 6.45) is -1.14. The number of alkyl halides is 1. The SMILES string of the molecule is CCS(=O)(=O)[C@](C)(Br)[C@@H](O)c1ccc(-c2ccccc2)cc1. The monoisotopic (exact) mass is 382 g/mol. The van der Waals surface area contributed by atoms with Crippen LogP contribution in [0.3, 0.4) is 0 Å². The van der Waals surface area contributed by atoms with Gasteiger partial charge >= 0.3 is 0 Å². The Morgan fingerprint density at radius 1 is 1.05 bits per heavy atom. The molecule has 0 spiro atoms. The maximum absolute atomic E-state index is 12.1. The van der Waals surface area contributed by atoms with Crippen LogP contribution >= 0.6 is 15.9 Å². The standard InChI is InChI=1S/C17H19BrO3S/c1-3-22(20,21)17(2,18)16(19)15-11-9-14(10-12-15)13-7-5-4-6-8-13/h4-12,16,19H,3H2,1-2H3/t16-,17-/m0/s1. The lowest BCUT2D eigenvalue weighted by Gasteiger charge is -2.28. The highest BCUT2D eigenvalue weighted by Crippen LogP contribution is 2.39. The lowest BCUT2D eigenvalue weighted by Crippen LogP contribution is -2.36. The van der Waals surface area contributed by atoms with Crippen LogP contribution in [0.4, 0.5) is 0 Å². The van der Waals surface area contributed by atoms with E-state index in [9.17, 15) is 13.5 Å². The van der Waals surface area contributed by atoms with Gasteiger partial charge in [-0.3, -0.25) is 0 Å². The van der Waals surface area contributed by atoms with E-state index in [-0.39, 0.29) is 5.75 Å². The van der Waals surface area contributed by atoms with Crippen molar-refractivity contribution in [3.8, 4) is 11.1 Å². The summed E-state index contributed by atoms with van der Waals surface area (Å²) in [5, 5.41) is 10.5. The van der Waals surface area contributed by atoms with Crippen LogP contribution in [-0.4, -0.2) is 22.9 Å². The Hall–Kier alpha value is -1.17. The molecule has 0 amide bonds. The van der Waals surface area contributed by atoms with Crippen LogP contribution in [0.2, 0.25) is 0 Å². The molecule has 118 valence electrons. The third-order valence-electron chi connectivity index (χ3n) is 3.81. The fourth-order valence-electron chi connectivity index (χ4n) is 2.24. The average molecular weight is 383 g/mol. The minimum Gasteiger partial charge on any atom is -0.386 e. The predicted octanol–water partition coefficient (Wildman–Crippen LogP) is 3.93. The van der Waals surface area contributed by atoms with Gasteiger partial charge in [0.05, 0.1) is 0 Å². The number of aliphatic hydroxyl groups is 1. The number of hydrogen-bond acceptors (Lipinski definition) is 3. The molecule has 2 aromatic rings. The minimum atomic E-state index is -3.44. The third-order valence-corrected chi connectivity index (χ3v) is 7.92. The zero-order chi connectivity index (χ0) is 16.4. The van der Waals surface area contributed by atoms with E-state index in [4.69, 9.17) is 0 Å². The second kappa shape index (κ2) is 6.52. The molecule has 22 heavy (non-hydrogen) atoms. The van der Waals surface area contributed by atoms with Gasteiger partial charge in [-0.15, -0.1) is 0 Å². The molecule has 0 fully saturated rings. The van der Waals surface area contributed by atoms with E-state index in [0.29, 0.717) is 5.56 Å². The van der Waals surface area contributed by atoms with Gasteiger partial charge in [0, 0.05) is 5.75 Å². The molecular weight excluding hydrogens is 364 g/mol. The van der Waals surface area contributed by atoms with Crippen molar-refractivity contribution < 1.29 is 13.5 Å². The summed E-state index contributed by atoms with van der Waals surface area (Å²) in [6, 6.07) is 17.2. The Labute approximate surface area is 140 Å². The van der Waals surface area contributed by atoms with Crippen molar-refractivity contribution in [3.63, 3.8) is 0 Å². The molecule has 2 rings (SSSR count). The molecule has 2 aromatic carbocycles. The second-order valence-corrected chi connectivity index (χ2v) is 10.1. The lowest BCUT2D eigenvalue weighted by molar-refractivity contribution is 0.167. The van der Waals surface area contributed by atoms with Gasteiger partial charge in [0.2, 0.25) is 0 Å². The molecule has 0 radical (unpaired) electrons. The van der Waals surface area contributed by atoms with Gasteiger partial charge in [0.15, 0.2) is 13.5 Å². The first kappa shape index (κ1) is 17.2. The molecule has 0 bridgehead atoms. The quantitative estimate of drug-likeness (QED) is 0.796. The number of sulfone groups is 1. The molecule has 0 aliphatic rings. The van der Waals surface area contributed by atoms with Gasteiger partial charge < -0.3 is 5.11 Å². The zero-order valence-corrected chi connectivity index (χ0v) is 14.9. The minimum absolute atomic E-state index is 0.0338. The van der Waals surface area contributed by atoms with Crippen molar-refractivity contribution in [3.05, 3.63) is 60.2 Å². The molecule has 0 aliphatic carbocycles. The number of benzene rings is 2. The van der Waals surface area contributed by atoms with Gasteiger partial charge in [-0.25, -0.2) is 8.42 Å². The molecule has 5 heteroatoms. The summed E-state index contributed by atoms with van der Waals surface area (Å²) in [5.41, 5.74) is 2.66. The van der Waals surface area contributed by atoms with Gasteiger partial charge in [-0.1, -0.05) is 77.5 Å². The molecule has 0 saturated carbocycles. The van der Waals surface area contributed by atoms with Crippen molar-refractivity contribution in [2.24, 2.45) is 0 Å². The van der Waals surface area contributed by atoms with Crippen molar-refractivity contribution >= 4 is 25.8 Å². The average Bonchev–Trinajstić information content (AvgIpc) is 2.55. The fraction of sp³-hybridized carbons (Fsp3) is 0.294. The third kappa shape index (κ3) is 3.26. The van der Waals surface area contributed by atoms with Crippen molar-refractivity contribution in [1.82, 2.24) is 0 Å². The van der Waals surface area contributed by atoms with Gasteiger partial charge in [-0.2, -0.15) is 0 Å². The normalized spacial score (nSPS) is 16.0. The van der Waals surface area contributed by atoms with E-state index in [1.165, 1.54) is 6.92 Å². The van der Waals surface area contributed by atoms with Crippen molar-refractivity contribution in [1.29, 1.82) is 0 Å². The van der Waals surface area contributed by atoms with Gasteiger partial charge in [-0.05, 0) is 23.6 Å². The Balaban J connectivity index is 2.31. The van der Waals surface area contributed by atoms with Crippen molar-refractivity contribution in [2.75, 3.05) is 5.75 Å². The van der Waals surface area contributed by atoms with Crippen LogP contribution < -0.4 is 0 Å². The van der Waals surface area contributed by atoms with E-state index in [1.54, 1.807) is 19.1 Å². The van der Waals surface area contributed by atoms with E-state index >= 15 is 0 Å². The summed E-state index contributed by atoms with van der Waals surface area (Å²) >= 11 is 3.19. The second-order valence-electron chi connectivity index (χ2n) is 5.28. The van der Waals surface area contributed by atoms with E-state index in [2.05, 4.69) is 15.9 Å². The van der Waals surface area contributed by atoms with Gasteiger partial charge in [0.1, 0.15) is 6.10 Å². The highest BCUT2D eigenvalue weighted by atomic mass is 79.9. The lowest BCUT2D eigenvalue weighted by atomic mass is 10.0. The Bertz CT molecular complexity index is 722. The number of aliphatic hydroxyl groups excluding tert-OH is 1. The van der Waals surface area contributed by atoms with Crippen LogP contribution in [0, 0.1) is 0 Å². The summed E-state index contributed by atoms with van der Waals surface area (Å²) < 4.78 is 22.8. The Morgan fingerprint density at radius 2 is 1.55 bits per heavy atom. The topological polar surface area (TPSA) is 54.4 Å². The predicted molar refractivity (Wildman–Crippen MR) is 93.6 cm³/mol. The largest absolute Gasteiger partial charge is 0.386 e. The van der Waals surface area contributed by atoms with Gasteiger partial charge in [0.25, 0.3) is 0 Å². The molecule has 2 atom stereocenters. The van der Waals surface area contributed by atoms with Crippen LogP contribution in [-0.2, 0) is 9.84 Å². The number of halogens is 1. The van der Waals surface area contributed by atoms with E-state index in [1.807, 2.05) is 42.5 Å². The van der Waals surface area contributed by atoms with Crippen LogP contribution in [0.1, 0.15) is 25.5 Å². The molecule has 0 aliphatic heterocycles. The molecule has 0 heterocycles. The molecule has 0 unspecified atom stereocenters. The molecule has 0 saturated heterocycles. The molecule has 1 N–H and O–H groups in total. The smallest absolute Gasteiger partial charge is 0.168 e. The highest BCUT2D eigenvalue weighted by Gasteiger charge is 2.42. The zero-order valence-electron chi connectivity index (χ0n) is 12.5. The van der Waals surface area contributed by atoms with Crippen LogP contribution in [0.15, 0.2) is 54.6 Å². The van der Waals surface area contributed by atoms with E-state index < -0.39 is 19.6 Å². The molecular formula is C17H19BrO3S. The summed E-state index contributed by atoms with van der Waals surface area (Å²) in [4.78, 5) is 0. The van der Waals surface area contributed by atoms with Crippen LogP contribution in [0.25, 0.3) is 11.1 Å². The highest BCUT2D eigenvalue weighted by molar-refractivity contribution is 9.11. The maximum atomic E-state index is 12.1. The number of rotatable bonds is 5. The molecule has 0 aromatic heterocycles. The number of hydrogen-bond donors (Lipinski definition) is 1. The Morgan fingerprint density at radius 3 is 2.05 bits per heavy atom. The Kier molecular flexibility index (Phi) is 5.10. The first-order chi connectivity index (χ1) is 10.3. The molecule has 3 nitrogen and oxygen atoms in total. The summed E-state index contributed by atoms with van der Waals surface area (Å²) in [7, 11) is -3.44. The maximum Gasteiger partial charge on any atom is 0.168 e. The van der Waals surface area contributed by atoms with E-state index in [0.717, 1.165) is 11.1 Å². The van der Waals surface area contributed by atoms with Crippen LogP contribution in [0.5, 0.6) is 0 Å². The first-order valence-corrected chi connectivity index (χ1v) is 9.49. The fourth-order valence-corrected chi connectivity index (χ4v) is 4.23. The summed E-state index contributed by atoms with van der Waals surface area (Å²) in [5.74, 6) is -0.0338. The summed E-state index contributed by atoms with van der Waals surface area (Å²) in [6.45, 7) is 3.06. The first-order valence-electron chi connectivity index (χ1n) is 7.04. The van der Waals surface area contributed by atoms with Crippen molar-refractivity contribution in [2.45, 2.75) is 23.6 Å².